The van der Waals surface area contributed by atoms with Crippen LogP contribution in [0.2, 0.25) is 0 Å². The van der Waals surface area contributed by atoms with Gasteiger partial charge in [-0.25, -0.2) is 0 Å². The molecule has 0 heteroatoms. The van der Waals surface area contributed by atoms with E-state index >= 15 is 0 Å². The van der Waals surface area contributed by atoms with E-state index in [2.05, 4.69) is 72.9 Å². The van der Waals surface area contributed by atoms with Crippen molar-refractivity contribution in [1.82, 2.24) is 0 Å². The van der Waals surface area contributed by atoms with Gasteiger partial charge in [0.15, 0.2) is 0 Å². The molecule has 0 nitrogen and oxygen atoms in total. The maximum Gasteiger partial charge on any atom is 0.0327 e. The van der Waals surface area contributed by atoms with Crippen molar-refractivity contribution in [3.8, 4) is 0 Å². The van der Waals surface area contributed by atoms with Gasteiger partial charge < -0.3 is 0 Å². The molecule has 0 aromatic heterocycles. The van der Waals surface area contributed by atoms with Crippen LogP contribution in [0, 0.1) is 5.92 Å². The number of rotatable bonds is 0. The lowest BCUT2D eigenvalue weighted by Crippen LogP contribution is -2.11. The molecule has 2 aromatic rings. The maximum absolute atomic E-state index is 2.35. The van der Waals surface area contributed by atoms with E-state index in [4.69, 9.17) is 0 Å². The van der Waals surface area contributed by atoms with E-state index in [9.17, 15) is 0 Å². The van der Waals surface area contributed by atoms with Crippen molar-refractivity contribution in [2.24, 2.45) is 5.92 Å². The summed E-state index contributed by atoms with van der Waals surface area (Å²) in [5.41, 5.74) is 9.03. The van der Waals surface area contributed by atoms with Gasteiger partial charge in [-0.05, 0) is 44.2 Å². The zero-order valence-electron chi connectivity index (χ0n) is 12.1. The third-order valence-electron chi connectivity index (χ3n) is 5.59. The van der Waals surface area contributed by atoms with Gasteiger partial charge in [-0.3, -0.25) is 0 Å². The Morgan fingerprint density at radius 1 is 0.773 bits per heavy atom. The molecule has 6 rings (SSSR count). The fourth-order valence-electron chi connectivity index (χ4n) is 4.85. The summed E-state index contributed by atoms with van der Waals surface area (Å²) >= 11 is 0. The minimum absolute atomic E-state index is 0.456. The number of fused-ring (bicyclic) bond motifs is 4. The third kappa shape index (κ3) is 1.09. The first kappa shape index (κ1) is 11.0. The Bertz CT molecular complexity index is 1020. The molecule has 0 fully saturated rings. The molecule has 4 aliphatic rings. The predicted octanol–water partition coefficient (Wildman–Crippen LogP) is 5.31. The summed E-state index contributed by atoms with van der Waals surface area (Å²) < 4.78 is 0. The molecule has 2 unspecified atom stereocenters. The second-order valence-corrected chi connectivity index (χ2v) is 6.54. The highest BCUT2D eigenvalue weighted by molar-refractivity contribution is 6.07. The van der Waals surface area contributed by atoms with E-state index in [0.29, 0.717) is 11.8 Å². The van der Waals surface area contributed by atoms with Gasteiger partial charge >= 0.3 is 0 Å². The predicted molar refractivity (Wildman–Crippen MR) is 91.5 cm³/mol. The van der Waals surface area contributed by atoms with Crippen LogP contribution >= 0.6 is 0 Å². The molecule has 22 heavy (non-hydrogen) atoms. The third-order valence-corrected chi connectivity index (χ3v) is 5.59. The average Bonchev–Trinajstić information content (AvgIpc) is 3.07. The SMILES string of the molecule is C1=CC2=CC=CC3=C4c5cccc6cccc(c56)C4C(=C1)C23. The molecular formula is C22H14. The maximum atomic E-state index is 2.35. The highest BCUT2D eigenvalue weighted by atomic mass is 14.5. The minimum Gasteiger partial charge on any atom is -0.0619 e. The Hall–Kier alpha value is -2.60. The summed E-state index contributed by atoms with van der Waals surface area (Å²) in [6.45, 7) is 0. The van der Waals surface area contributed by atoms with Crippen LogP contribution in [0.1, 0.15) is 17.0 Å². The summed E-state index contributed by atoms with van der Waals surface area (Å²) in [5.74, 6) is 0.941. The summed E-state index contributed by atoms with van der Waals surface area (Å²) in [5, 5.41) is 2.84. The first-order valence-electron chi connectivity index (χ1n) is 7.96. The summed E-state index contributed by atoms with van der Waals surface area (Å²) in [6.07, 6.45) is 13.7. The molecular weight excluding hydrogens is 264 g/mol. The van der Waals surface area contributed by atoms with Gasteiger partial charge in [-0.15, -0.1) is 0 Å². The molecule has 0 saturated carbocycles. The molecule has 0 bridgehead atoms. The van der Waals surface area contributed by atoms with Crippen LogP contribution in [0.15, 0.2) is 89.6 Å². The molecule has 0 amide bonds. The Kier molecular flexibility index (Phi) is 1.80. The van der Waals surface area contributed by atoms with Crippen molar-refractivity contribution < 1.29 is 0 Å². The van der Waals surface area contributed by atoms with E-state index in [-0.39, 0.29) is 0 Å². The van der Waals surface area contributed by atoms with Gasteiger partial charge in [0.2, 0.25) is 0 Å². The van der Waals surface area contributed by atoms with E-state index < -0.39 is 0 Å². The van der Waals surface area contributed by atoms with Gasteiger partial charge in [0, 0.05) is 11.8 Å². The van der Waals surface area contributed by atoms with Crippen molar-refractivity contribution >= 4 is 16.3 Å². The normalized spacial score (nSPS) is 26.2. The zero-order valence-corrected chi connectivity index (χ0v) is 12.1. The van der Waals surface area contributed by atoms with E-state index in [1.165, 1.54) is 33.0 Å². The molecule has 0 heterocycles. The smallest absolute Gasteiger partial charge is 0.0327 e. The first-order valence-corrected chi connectivity index (χ1v) is 7.96. The molecule has 0 aliphatic heterocycles. The molecule has 102 valence electrons. The van der Waals surface area contributed by atoms with E-state index in [1.807, 2.05) is 0 Å². The Morgan fingerprint density at radius 2 is 1.64 bits per heavy atom. The minimum atomic E-state index is 0.456. The molecule has 0 N–H and O–H groups in total. The molecule has 0 saturated heterocycles. The fraction of sp³-hybridized carbons (Fsp3) is 0.0909. The van der Waals surface area contributed by atoms with Crippen LogP contribution in [0.5, 0.6) is 0 Å². The standard InChI is InChI=1S/C22H14/c1-5-13-6-2-10-16-19(13)15(9-1)21-17-11-3-7-14-8-4-12-18(20(14)17)22(16)21/h1-12,19,21H. The lowest BCUT2D eigenvalue weighted by molar-refractivity contribution is 0.848. The van der Waals surface area contributed by atoms with Crippen molar-refractivity contribution in [3.63, 3.8) is 0 Å². The fourth-order valence-corrected chi connectivity index (χ4v) is 4.85. The van der Waals surface area contributed by atoms with Crippen LogP contribution in [-0.2, 0) is 0 Å². The van der Waals surface area contributed by atoms with E-state index in [0.717, 1.165) is 0 Å². The quantitative estimate of drug-likeness (QED) is 0.612. The highest BCUT2D eigenvalue weighted by Crippen LogP contribution is 2.61. The van der Waals surface area contributed by atoms with Crippen molar-refractivity contribution in [2.75, 3.05) is 0 Å². The van der Waals surface area contributed by atoms with Crippen LogP contribution in [0.4, 0.5) is 0 Å². The number of hydrogen-bond acceptors (Lipinski definition) is 0. The highest BCUT2D eigenvalue weighted by Gasteiger charge is 2.44. The Labute approximate surface area is 129 Å². The summed E-state index contributed by atoms with van der Waals surface area (Å²) in [7, 11) is 0. The lowest BCUT2D eigenvalue weighted by atomic mass is 9.79. The van der Waals surface area contributed by atoms with Gasteiger partial charge in [0.25, 0.3) is 0 Å². The van der Waals surface area contributed by atoms with Crippen molar-refractivity contribution in [1.29, 1.82) is 0 Å². The molecule has 0 radical (unpaired) electrons. The van der Waals surface area contributed by atoms with Crippen LogP contribution in [0.3, 0.4) is 0 Å². The molecule has 0 spiro atoms. The van der Waals surface area contributed by atoms with Gasteiger partial charge in [-0.1, -0.05) is 72.9 Å². The average molecular weight is 278 g/mol. The molecule has 4 aliphatic carbocycles. The molecule has 2 aromatic carbocycles. The molecule has 2 atom stereocenters. The largest absolute Gasteiger partial charge is 0.0619 e. The van der Waals surface area contributed by atoms with E-state index in [1.54, 1.807) is 11.1 Å². The number of benzene rings is 2. The van der Waals surface area contributed by atoms with Gasteiger partial charge in [-0.2, -0.15) is 0 Å². The topological polar surface area (TPSA) is 0 Å². The van der Waals surface area contributed by atoms with Gasteiger partial charge in [0.1, 0.15) is 0 Å². The van der Waals surface area contributed by atoms with Crippen molar-refractivity contribution in [3.05, 3.63) is 101 Å². The lowest BCUT2D eigenvalue weighted by Gasteiger charge is -2.24. The monoisotopic (exact) mass is 278 g/mol. The zero-order chi connectivity index (χ0) is 14.3. The Morgan fingerprint density at radius 3 is 2.59 bits per heavy atom. The number of allylic oxidation sites excluding steroid dienone is 10. The first-order chi connectivity index (χ1) is 10.9. The van der Waals surface area contributed by atoms with Crippen LogP contribution in [-0.4, -0.2) is 0 Å². The van der Waals surface area contributed by atoms with Gasteiger partial charge in [0.05, 0.1) is 0 Å². The second kappa shape index (κ2) is 3.59. The second-order valence-electron chi connectivity index (χ2n) is 6.54. The van der Waals surface area contributed by atoms with Crippen LogP contribution in [0.25, 0.3) is 16.3 Å². The summed E-state index contributed by atoms with van der Waals surface area (Å²) in [6, 6.07) is 13.5. The Balaban J connectivity index is 1.80. The number of hydrogen-bond donors (Lipinski definition) is 0. The van der Waals surface area contributed by atoms with Crippen molar-refractivity contribution in [2.45, 2.75) is 5.92 Å². The summed E-state index contributed by atoms with van der Waals surface area (Å²) in [4.78, 5) is 0. The van der Waals surface area contributed by atoms with Crippen LogP contribution < -0.4 is 0 Å².